The number of nitrogens with two attached hydrogens (primary N) is 2. The number of carbonyl (C=O) groups is 9. The van der Waals surface area contributed by atoms with Gasteiger partial charge in [0, 0.05) is 77.5 Å². The van der Waals surface area contributed by atoms with Crippen LogP contribution in [-0.2, 0) is 66.8 Å². The molecule has 0 saturated heterocycles. The number of hydrogen-bond donors (Lipinski definition) is 8. The van der Waals surface area contributed by atoms with Crippen molar-refractivity contribution in [3.05, 3.63) is 0 Å². The monoisotopic (exact) mass is 977 g/mol. The third-order valence-electron chi connectivity index (χ3n) is 9.75. The summed E-state index contributed by atoms with van der Waals surface area (Å²) in [4.78, 5) is 107. The van der Waals surface area contributed by atoms with Crippen molar-refractivity contribution < 1.29 is 66.8 Å². The van der Waals surface area contributed by atoms with E-state index in [2.05, 4.69) is 31.9 Å². The first kappa shape index (κ1) is 62.6. The number of ether oxygens (including phenoxy) is 5. The quantitative estimate of drug-likeness (QED) is 0.0364. The summed E-state index contributed by atoms with van der Waals surface area (Å²) in [5, 5.41) is 16.4. The van der Waals surface area contributed by atoms with Gasteiger partial charge in [-0.2, -0.15) is 0 Å². The van der Waals surface area contributed by atoms with Crippen LogP contribution in [0, 0.1) is 11.8 Å². The van der Waals surface area contributed by atoms with E-state index in [0.29, 0.717) is 111 Å². The standard InChI is InChI=1S/C44H80N8O14S/c1-33(42(45)59)12-4-7-17-47-39(56)30-66-29-27-64-25-21-50-40(57)31-65-28-26-63-23-11-22-62-24-20-49-37(54)15-10-16-38(55)52-36(14-6-9-18-48-41(58)32-67-35(3)53)44(61)51-19-8-5-13-34(2)43(46)60/h33-34,36H,4-32H2,1-3H3,(H2,45,59)(H2,46,60)(H,47,56)(H,48,58)(H,49,54)(H,50,57)(H,51,61)(H,52,55)/t33-,34+,36+/m0/s1. The van der Waals surface area contributed by atoms with Gasteiger partial charge >= 0.3 is 0 Å². The van der Waals surface area contributed by atoms with Crippen LogP contribution in [0.5, 0.6) is 0 Å². The fourth-order valence-corrected chi connectivity index (χ4v) is 6.15. The highest BCUT2D eigenvalue weighted by Gasteiger charge is 2.21. The van der Waals surface area contributed by atoms with E-state index in [1.807, 2.05) is 0 Å². The molecule has 386 valence electrons. The first-order valence-electron chi connectivity index (χ1n) is 23.4. The molecule has 10 N–H and O–H groups in total. The first-order chi connectivity index (χ1) is 32.1. The normalized spacial score (nSPS) is 12.3. The van der Waals surface area contributed by atoms with Crippen LogP contribution < -0.4 is 43.4 Å². The lowest BCUT2D eigenvalue weighted by molar-refractivity contribution is -0.129. The van der Waals surface area contributed by atoms with Gasteiger partial charge in [-0.05, 0) is 57.8 Å². The van der Waals surface area contributed by atoms with Gasteiger partial charge in [0.15, 0.2) is 5.12 Å². The Bertz CT molecular complexity index is 1450. The summed E-state index contributed by atoms with van der Waals surface area (Å²) in [5.41, 5.74) is 10.5. The SMILES string of the molecule is CC(=O)SCC(=O)NCCCC[C@@H](NC(=O)CCCC(=O)NCCOCCCOCCOCC(=O)NCCOCCOCC(=O)NCCCC[C@H](C)C(N)=O)C(=O)NCCCC[C@@H](C)C(N)=O. The van der Waals surface area contributed by atoms with Crippen molar-refractivity contribution >= 4 is 64.1 Å². The second kappa shape index (κ2) is 42.9. The van der Waals surface area contributed by atoms with Crippen LogP contribution in [0.15, 0.2) is 0 Å². The molecule has 0 rings (SSSR count). The summed E-state index contributed by atoms with van der Waals surface area (Å²) < 4.78 is 27.0. The second-order valence-electron chi connectivity index (χ2n) is 15.8. The largest absolute Gasteiger partial charge is 0.380 e. The molecule has 0 saturated carbocycles. The molecule has 0 aliphatic rings. The van der Waals surface area contributed by atoms with Crippen molar-refractivity contribution in [3.63, 3.8) is 0 Å². The zero-order valence-corrected chi connectivity index (χ0v) is 40.8. The summed E-state index contributed by atoms with van der Waals surface area (Å²) in [5.74, 6) is -2.79. The molecule has 0 bridgehead atoms. The number of unbranched alkanes of at least 4 members (excludes halogenated alkanes) is 3. The van der Waals surface area contributed by atoms with Crippen molar-refractivity contribution in [1.82, 2.24) is 31.9 Å². The van der Waals surface area contributed by atoms with E-state index in [1.54, 1.807) is 13.8 Å². The maximum atomic E-state index is 13.0. The number of nitrogens with one attached hydrogen (secondary N) is 6. The van der Waals surface area contributed by atoms with E-state index in [9.17, 15) is 43.2 Å². The number of thioether (sulfide) groups is 1. The molecule has 22 nitrogen and oxygen atoms in total. The van der Waals surface area contributed by atoms with Gasteiger partial charge in [0.2, 0.25) is 47.3 Å². The Morgan fingerprint density at radius 1 is 0.448 bits per heavy atom. The number of hydrogen-bond acceptors (Lipinski definition) is 15. The number of primary amides is 2. The van der Waals surface area contributed by atoms with E-state index >= 15 is 0 Å². The Kier molecular flexibility index (Phi) is 40.1. The summed E-state index contributed by atoms with van der Waals surface area (Å²) in [6.07, 6.45) is 6.69. The minimum absolute atomic E-state index is 0.0409. The highest BCUT2D eigenvalue weighted by molar-refractivity contribution is 8.14. The number of amides is 8. The molecule has 0 aromatic heterocycles. The Morgan fingerprint density at radius 2 is 0.881 bits per heavy atom. The highest BCUT2D eigenvalue weighted by Crippen LogP contribution is 2.08. The van der Waals surface area contributed by atoms with Crippen LogP contribution in [0.2, 0.25) is 0 Å². The van der Waals surface area contributed by atoms with Crippen LogP contribution in [-0.4, -0.2) is 163 Å². The van der Waals surface area contributed by atoms with Crippen LogP contribution in [0.25, 0.3) is 0 Å². The van der Waals surface area contributed by atoms with Crippen molar-refractivity contribution in [1.29, 1.82) is 0 Å². The summed E-state index contributed by atoms with van der Waals surface area (Å²) in [7, 11) is 0. The number of rotatable bonds is 45. The van der Waals surface area contributed by atoms with Gasteiger partial charge in [0.25, 0.3) is 0 Å². The molecule has 0 aliphatic heterocycles. The van der Waals surface area contributed by atoms with Crippen molar-refractivity contribution in [2.45, 2.75) is 110 Å². The van der Waals surface area contributed by atoms with Gasteiger partial charge < -0.3 is 67.1 Å². The van der Waals surface area contributed by atoms with Crippen LogP contribution in [0.3, 0.4) is 0 Å². The van der Waals surface area contributed by atoms with E-state index < -0.39 is 6.04 Å². The zero-order chi connectivity index (χ0) is 49.9. The zero-order valence-electron chi connectivity index (χ0n) is 40.0. The van der Waals surface area contributed by atoms with Gasteiger partial charge in [-0.3, -0.25) is 43.2 Å². The van der Waals surface area contributed by atoms with Gasteiger partial charge in [0.05, 0.1) is 45.4 Å². The maximum absolute atomic E-state index is 13.0. The minimum atomic E-state index is -0.800. The number of carbonyl (C=O) groups excluding carboxylic acids is 9. The molecule has 0 spiro atoms. The lowest BCUT2D eigenvalue weighted by Gasteiger charge is -2.19. The average molecular weight is 977 g/mol. The van der Waals surface area contributed by atoms with Gasteiger partial charge in [0.1, 0.15) is 19.3 Å². The first-order valence-corrected chi connectivity index (χ1v) is 24.3. The molecule has 0 aromatic rings. The van der Waals surface area contributed by atoms with Crippen LogP contribution >= 0.6 is 11.8 Å². The molecule has 0 aliphatic carbocycles. The predicted molar refractivity (Wildman–Crippen MR) is 251 cm³/mol. The molecule has 0 radical (unpaired) electrons. The van der Waals surface area contributed by atoms with E-state index in [4.69, 9.17) is 35.2 Å². The second-order valence-corrected chi connectivity index (χ2v) is 17.0. The molecule has 23 heteroatoms. The molecular formula is C44H80N8O14S. The summed E-state index contributed by atoms with van der Waals surface area (Å²) >= 11 is 0.925. The van der Waals surface area contributed by atoms with E-state index in [0.717, 1.165) is 24.6 Å². The van der Waals surface area contributed by atoms with E-state index in [-0.39, 0.29) is 129 Å². The lowest BCUT2D eigenvalue weighted by atomic mass is 10.0. The summed E-state index contributed by atoms with van der Waals surface area (Å²) in [6.45, 7) is 9.01. The summed E-state index contributed by atoms with van der Waals surface area (Å²) in [6, 6.07) is -0.800. The fraction of sp³-hybridized carbons (Fsp3) is 0.795. The molecule has 0 heterocycles. The van der Waals surface area contributed by atoms with Gasteiger partial charge in [-0.15, -0.1) is 0 Å². The molecule has 0 unspecified atom stereocenters. The van der Waals surface area contributed by atoms with Crippen molar-refractivity contribution in [3.8, 4) is 0 Å². The lowest BCUT2D eigenvalue weighted by Crippen LogP contribution is -2.47. The van der Waals surface area contributed by atoms with Crippen molar-refractivity contribution in [2.75, 3.05) is 105 Å². The Balaban J connectivity index is 3.96. The Morgan fingerprint density at radius 3 is 1.42 bits per heavy atom. The Labute approximate surface area is 400 Å². The Hall–Kier alpha value is -4.42. The highest BCUT2D eigenvalue weighted by atomic mass is 32.2. The minimum Gasteiger partial charge on any atom is -0.380 e. The molecule has 0 fully saturated rings. The molecule has 8 amide bonds. The third-order valence-corrected chi connectivity index (χ3v) is 10.6. The van der Waals surface area contributed by atoms with Gasteiger partial charge in [-0.25, -0.2) is 0 Å². The topological polar surface area (TPSA) is 324 Å². The molecule has 0 aromatic carbocycles. The van der Waals surface area contributed by atoms with Crippen molar-refractivity contribution in [2.24, 2.45) is 23.3 Å². The molecule has 67 heavy (non-hydrogen) atoms. The average Bonchev–Trinajstić information content (AvgIpc) is 3.28. The van der Waals surface area contributed by atoms with E-state index in [1.165, 1.54) is 6.92 Å². The smallest absolute Gasteiger partial charge is 0.246 e. The molecule has 3 atom stereocenters. The maximum Gasteiger partial charge on any atom is 0.246 e. The van der Waals surface area contributed by atoms with Crippen LogP contribution in [0.1, 0.15) is 104 Å². The molecular weight excluding hydrogens is 897 g/mol. The predicted octanol–water partition coefficient (Wildman–Crippen LogP) is -0.271. The third kappa shape index (κ3) is 41.5. The fourth-order valence-electron chi connectivity index (χ4n) is 5.71. The van der Waals surface area contributed by atoms with Crippen LogP contribution in [0.4, 0.5) is 0 Å². The van der Waals surface area contributed by atoms with Gasteiger partial charge in [-0.1, -0.05) is 38.5 Å².